The minimum Gasteiger partial charge on any atom is -0.362 e. The highest BCUT2D eigenvalue weighted by molar-refractivity contribution is 7.07. The van der Waals surface area contributed by atoms with Crippen molar-refractivity contribution in [2.75, 3.05) is 6.61 Å². The maximum atomic E-state index is 7.09. The zero-order chi connectivity index (χ0) is 8.81. The fraction of sp³-hybridized carbons (Fsp3) is 0.250. The summed E-state index contributed by atoms with van der Waals surface area (Å²) in [5, 5.41) is 8.97. The van der Waals surface area contributed by atoms with E-state index in [0.29, 0.717) is 6.61 Å². The topological polar surface area (TPSA) is 46.0 Å². The molecule has 4 heteroatoms. The Kier molecular flexibility index (Phi) is 3.63. The summed E-state index contributed by atoms with van der Waals surface area (Å²) in [6.07, 6.45) is 2.57. The zero-order valence-corrected chi connectivity index (χ0v) is 7.38. The van der Waals surface area contributed by atoms with Crippen LogP contribution in [0.1, 0.15) is 11.8 Å². The van der Waals surface area contributed by atoms with E-state index in [4.69, 9.17) is 10.1 Å². The Morgan fingerprint density at radius 1 is 1.83 bits per heavy atom. The summed E-state index contributed by atoms with van der Waals surface area (Å²) < 4.78 is 5.27. The lowest BCUT2D eigenvalue weighted by Crippen LogP contribution is -2.05. The Bertz CT molecular complexity index is 246. The number of aromatic nitrogens is 1. The SMILES string of the molecule is C=CCOC(C=N)c1cscn1. The van der Waals surface area contributed by atoms with Gasteiger partial charge >= 0.3 is 0 Å². The number of hydrogen-bond donors (Lipinski definition) is 1. The minimum absolute atomic E-state index is 0.325. The number of thiazole rings is 1. The van der Waals surface area contributed by atoms with Crippen LogP contribution in [0.3, 0.4) is 0 Å². The van der Waals surface area contributed by atoms with Crippen LogP contribution in [0.2, 0.25) is 0 Å². The summed E-state index contributed by atoms with van der Waals surface area (Å²) in [5.41, 5.74) is 2.51. The van der Waals surface area contributed by atoms with E-state index in [1.807, 2.05) is 5.38 Å². The van der Waals surface area contributed by atoms with Crippen LogP contribution in [0.5, 0.6) is 0 Å². The van der Waals surface area contributed by atoms with Crippen molar-refractivity contribution in [2.45, 2.75) is 6.10 Å². The summed E-state index contributed by atoms with van der Waals surface area (Å²) in [4.78, 5) is 4.05. The fourth-order valence-electron chi connectivity index (χ4n) is 0.753. The monoisotopic (exact) mass is 182 g/mol. The molecule has 1 rings (SSSR count). The van der Waals surface area contributed by atoms with Gasteiger partial charge in [-0.3, -0.25) is 0 Å². The third-order valence-corrected chi connectivity index (χ3v) is 1.89. The van der Waals surface area contributed by atoms with Crippen LogP contribution in [0.25, 0.3) is 0 Å². The smallest absolute Gasteiger partial charge is 0.135 e. The lowest BCUT2D eigenvalue weighted by Gasteiger charge is -2.07. The van der Waals surface area contributed by atoms with Crippen molar-refractivity contribution in [1.82, 2.24) is 4.98 Å². The van der Waals surface area contributed by atoms with E-state index in [0.717, 1.165) is 5.69 Å². The van der Waals surface area contributed by atoms with Crippen molar-refractivity contribution < 1.29 is 4.74 Å². The number of hydrogen-bond acceptors (Lipinski definition) is 4. The third-order valence-electron chi connectivity index (χ3n) is 1.29. The van der Waals surface area contributed by atoms with Gasteiger partial charge in [0.1, 0.15) is 6.10 Å². The fourth-order valence-corrected chi connectivity index (χ4v) is 1.33. The molecular weight excluding hydrogens is 172 g/mol. The molecule has 0 aromatic carbocycles. The maximum absolute atomic E-state index is 7.09. The van der Waals surface area contributed by atoms with Crippen LogP contribution >= 0.6 is 11.3 Å². The lowest BCUT2D eigenvalue weighted by atomic mass is 10.3. The molecule has 0 amide bonds. The van der Waals surface area contributed by atoms with E-state index in [1.54, 1.807) is 11.6 Å². The highest BCUT2D eigenvalue weighted by atomic mass is 32.1. The molecule has 0 saturated heterocycles. The molecule has 0 saturated carbocycles. The average Bonchev–Trinajstić information content (AvgIpc) is 2.59. The molecule has 0 aliphatic carbocycles. The number of nitrogens with zero attached hydrogens (tertiary/aromatic N) is 1. The van der Waals surface area contributed by atoms with Crippen LogP contribution in [0.15, 0.2) is 23.5 Å². The van der Waals surface area contributed by atoms with Crippen molar-refractivity contribution in [3.63, 3.8) is 0 Å². The van der Waals surface area contributed by atoms with Gasteiger partial charge in [0.05, 0.1) is 17.8 Å². The molecule has 1 unspecified atom stereocenters. The zero-order valence-electron chi connectivity index (χ0n) is 6.56. The molecule has 12 heavy (non-hydrogen) atoms. The number of ether oxygens (including phenoxy) is 1. The van der Waals surface area contributed by atoms with Crippen LogP contribution in [-0.2, 0) is 4.74 Å². The van der Waals surface area contributed by atoms with Crippen molar-refractivity contribution in [3.8, 4) is 0 Å². The molecule has 0 aliphatic rings. The second kappa shape index (κ2) is 4.79. The molecular formula is C8H10N2OS. The average molecular weight is 182 g/mol. The van der Waals surface area contributed by atoms with E-state index >= 15 is 0 Å². The highest BCUT2D eigenvalue weighted by Crippen LogP contribution is 2.14. The Labute approximate surface area is 75.2 Å². The number of rotatable bonds is 5. The Balaban J connectivity index is 2.56. The molecule has 1 aromatic rings. The molecule has 64 valence electrons. The molecule has 0 spiro atoms. The Morgan fingerprint density at radius 3 is 3.17 bits per heavy atom. The van der Waals surface area contributed by atoms with Gasteiger partial charge in [0.15, 0.2) is 0 Å². The van der Waals surface area contributed by atoms with Crippen molar-refractivity contribution in [3.05, 3.63) is 29.2 Å². The predicted octanol–water partition coefficient (Wildman–Crippen LogP) is 2.04. The van der Waals surface area contributed by atoms with Gasteiger partial charge < -0.3 is 10.1 Å². The highest BCUT2D eigenvalue weighted by Gasteiger charge is 2.09. The first-order valence-electron chi connectivity index (χ1n) is 3.49. The molecule has 1 N–H and O–H groups in total. The van der Waals surface area contributed by atoms with Gasteiger partial charge in [-0.15, -0.1) is 17.9 Å². The first kappa shape index (κ1) is 9.09. The number of nitrogens with one attached hydrogen (secondary N) is 1. The first-order valence-corrected chi connectivity index (χ1v) is 4.44. The van der Waals surface area contributed by atoms with Gasteiger partial charge in [-0.25, -0.2) is 4.98 Å². The summed E-state index contributed by atoms with van der Waals surface area (Å²) >= 11 is 1.50. The predicted molar refractivity (Wildman–Crippen MR) is 49.8 cm³/mol. The standard InChI is InChI=1S/C8H10N2OS/c1-2-3-11-8(4-9)7-5-12-6-10-7/h2,4-6,8-9H,1,3H2. The lowest BCUT2D eigenvalue weighted by molar-refractivity contribution is 0.124. The molecule has 3 nitrogen and oxygen atoms in total. The van der Waals surface area contributed by atoms with Gasteiger partial charge in [0.25, 0.3) is 0 Å². The molecule has 1 heterocycles. The van der Waals surface area contributed by atoms with Gasteiger partial charge in [-0.1, -0.05) is 6.08 Å². The van der Waals surface area contributed by atoms with Crippen LogP contribution in [0.4, 0.5) is 0 Å². The summed E-state index contributed by atoms with van der Waals surface area (Å²) in [7, 11) is 0. The molecule has 1 aromatic heterocycles. The van der Waals surface area contributed by atoms with Crippen LogP contribution in [0, 0.1) is 5.41 Å². The molecule has 0 radical (unpaired) electrons. The van der Waals surface area contributed by atoms with Gasteiger partial charge in [0, 0.05) is 11.6 Å². The van der Waals surface area contributed by atoms with E-state index in [1.165, 1.54) is 17.6 Å². The van der Waals surface area contributed by atoms with Crippen LogP contribution in [-0.4, -0.2) is 17.8 Å². The molecule has 1 atom stereocenters. The van der Waals surface area contributed by atoms with Crippen molar-refractivity contribution in [1.29, 1.82) is 5.41 Å². The molecule has 0 fully saturated rings. The van der Waals surface area contributed by atoms with Gasteiger partial charge in [-0.05, 0) is 0 Å². The van der Waals surface area contributed by atoms with Crippen molar-refractivity contribution in [2.24, 2.45) is 0 Å². The Hall–Kier alpha value is -1.00. The van der Waals surface area contributed by atoms with E-state index in [2.05, 4.69) is 11.6 Å². The second-order valence-electron chi connectivity index (χ2n) is 2.12. The summed E-state index contributed by atoms with van der Waals surface area (Å²) in [6.45, 7) is 3.97. The first-order chi connectivity index (χ1) is 5.88. The third kappa shape index (κ3) is 2.25. The van der Waals surface area contributed by atoms with Gasteiger partial charge in [-0.2, -0.15) is 0 Å². The van der Waals surface area contributed by atoms with E-state index in [9.17, 15) is 0 Å². The summed E-state index contributed by atoms with van der Waals surface area (Å²) in [6, 6.07) is 0. The summed E-state index contributed by atoms with van der Waals surface area (Å²) in [5.74, 6) is 0. The van der Waals surface area contributed by atoms with Gasteiger partial charge in [0.2, 0.25) is 0 Å². The largest absolute Gasteiger partial charge is 0.362 e. The normalized spacial score (nSPS) is 12.3. The van der Waals surface area contributed by atoms with E-state index in [-0.39, 0.29) is 6.10 Å². The minimum atomic E-state index is -0.325. The van der Waals surface area contributed by atoms with E-state index < -0.39 is 0 Å². The molecule has 0 aliphatic heterocycles. The van der Waals surface area contributed by atoms with Crippen LogP contribution < -0.4 is 0 Å². The Morgan fingerprint density at radius 2 is 2.67 bits per heavy atom. The second-order valence-corrected chi connectivity index (χ2v) is 2.84. The quantitative estimate of drug-likeness (QED) is 0.559. The van der Waals surface area contributed by atoms with Crippen molar-refractivity contribution >= 4 is 17.6 Å². The maximum Gasteiger partial charge on any atom is 0.135 e. The molecule has 0 bridgehead atoms.